The number of aliphatic hydroxyl groups is 1. The smallest absolute Gasteiger partial charge is 0.335 e. The van der Waals surface area contributed by atoms with Crippen LogP contribution in [0.2, 0.25) is 0 Å². The first kappa shape index (κ1) is 9.26. The molecule has 1 aromatic carbocycles. The van der Waals surface area contributed by atoms with Gasteiger partial charge in [-0.1, -0.05) is 6.07 Å². The Balaban J connectivity index is 2.56. The van der Waals surface area contributed by atoms with Crippen LogP contribution in [0.15, 0.2) is 24.5 Å². The largest absolute Gasteiger partial charge is 0.515 e. The maximum atomic E-state index is 11.3. The van der Waals surface area contributed by atoms with Crippen LogP contribution in [-0.2, 0) is 4.79 Å². The van der Waals surface area contributed by atoms with Gasteiger partial charge in [0.1, 0.15) is 0 Å². The van der Waals surface area contributed by atoms with Crippen molar-refractivity contribution < 1.29 is 19.8 Å². The lowest BCUT2D eigenvalue weighted by atomic mass is 10.1. The van der Waals surface area contributed by atoms with E-state index in [1.54, 1.807) is 0 Å². The highest BCUT2D eigenvalue weighted by atomic mass is 16.4. The monoisotopic (exact) mass is 205 g/mol. The van der Waals surface area contributed by atoms with E-state index < -0.39 is 11.9 Å². The fraction of sp³-hybridized carbons (Fsp3) is 0. The van der Waals surface area contributed by atoms with Crippen LogP contribution >= 0.6 is 0 Å². The maximum Gasteiger partial charge on any atom is 0.335 e. The molecule has 3 N–H and O–H groups in total. The van der Waals surface area contributed by atoms with Gasteiger partial charge in [-0.3, -0.25) is 4.79 Å². The van der Waals surface area contributed by atoms with Gasteiger partial charge in [0.15, 0.2) is 0 Å². The lowest BCUT2D eigenvalue weighted by Gasteiger charge is -1.99. The van der Waals surface area contributed by atoms with E-state index in [9.17, 15) is 9.59 Å². The van der Waals surface area contributed by atoms with Crippen molar-refractivity contribution in [1.29, 1.82) is 0 Å². The van der Waals surface area contributed by atoms with Crippen LogP contribution < -0.4 is 5.32 Å². The van der Waals surface area contributed by atoms with E-state index in [0.29, 0.717) is 17.5 Å². The molecule has 0 aliphatic carbocycles. The Morgan fingerprint density at radius 2 is 2.13 bits per heavy atom. The Morgan fingerprint density at radius 3 is 2.73 bits per heavy atom. The quantitative estimate of drug-likeness (QED) is 0.475. The first-order chi connectivity index (χ1) is 7.13. The molecule has 1 aliphatic rings. The molecule has 0 bridgehead atoms. The van der Waals surface area contributed by atoms with Gasteiger partial charge >= 0.3 is 5.97 Å². The second-order valence-corrected chi connectivity index (χ2v) is 3.06. The zero-order chi connectivity index (χ0) is 11.0. The molecular weight excluding hydrogens is 198 g/mol. The van der Waals surface area contributed by atoms with Crippen LogP contribution in [0.25, 0.3) is 5.57 Å². The minimum absolute atomic E-state index is 0.0910. The number of aromatic carboxylic acids is 1. The number of rotatable bonds is 1. The van der Waals surface area contributed by atoms with Gasteiger partial charge in [-0.25, -0.2) is 4.79 Å². The van der Waals surface area contributed by atoms with Crippen LogP contribution in [0.5, 0.6) is 0 Å². The molecule has 2 rings (SSSR count). The number of fused-ring (bicyclic) bond motifs is 1. The van der Waals surface area contributed by atoms with Gasteiger partial charge in [-0.05, 0) is 12.1 Å². The van der Waals surface area contributed by atoms with E-state index in [4.69, 9.17) is 10.2 Å². The van der Waals surface area contributed by atoms with E-state index in [0.717, 1.165) is 0 Å². The van der Waals surface area contributed by atoms with Crippen molar-refractivity contribution in [2.24, 2.45) is 0 Å². The number of anilines is 1. The molecule has 1 amide bonds. The average molecular weight is 205 g/mol. The average Bonchev–Trinajstić information content (AvgIpc) is 2.51. The molecule has 5 nitrogen and oxygen atoms in total. The number of carbonyl (C=O) groups excluding carboxylic acids is 1. The molecule has 0 spiro atoms. The fourth-order valence-electron chi connectivity index (χ4n) is 1.46. The molecule has 0 saturated carbocycles. The van der Waals surface area contributed by atoms with Gasteiger partial charge in [0.2, 0.25) is 0 Å². The Bertz CT molecular complexity index is 490. The van der Waals surface area contributed by atoms with E-state index in [2.05, 4.69) is 5.32 Å². The van der Waals surface area contributed by atoms with Gasteiger partial charge in [0, 0.05) is 5.56 Å². The zero-order valence-corrected chi connectivity index (χ0v) is 7.52. The van der Waals surface area contributed by atoms with Gasteiger partial charge in [0.05, 0.1) is 23.1 Å². The highest BCUT2D eigenvalue weighted by Crippen LogP contribution is 2.31. The molecule has 1 aromatic rings. The van der Waals surface area contributed by atoms with Crippen LogP contribution in [0.1, 0.15) is 15.9 Å². The third-order valence-corrected chi connectivity index (χ3v) is 2.18. The molecule has 1 aliphatic heterocycles. The summed E-state index contributed by atoms with van der Waals surface area (Å²) in [6, 6.07) is 4.22. The summed E-state index contributed by atoms with van der Waals surface area (Å²) in [5.41, 5.74) is 1.14. The molecular formula is C10H7NO4. The standard InChI is InChI=1S/C10H7NO4/c12-4-7-6-2-1-5(10(14)15)3-8(6)11-9(7)13/h1-4,12H,(H,11,13)(H,14,15)/b7-4-. The number of amides is 1. The SMILES string of the molecule is O=C1Nc2cc(C(=O)O)ccc2/C1=C/O. The zero-order valence-electron chi connectivity index (χ0n) is 7.52. The van der Waals surface area contributed by atoms with Gasteiger partial charge in [-0.2, -0.15) is 0 Å². The minimum Gasteiger partial charge on any atom is -0.515 e. The number of carboxylic acid groups (broad SMARTS) is 1. The molecule has 76 valence electrons. The number of hydrogen-bond acceptors (Lipinski definition) is 3. The second kappa shape index (κ2) is 3.13. The third kappa shape index (κ3) is 1.34. The van der Waals surface area contributed by atoms with Crippen molar-refractivity contribution in [1.82, 2.24) is 0 Å². The molecule has 0 unspecified atom stereocenters. The van der Waals surface area contributed by atoms with E-state index >= 15 is 0 Å². The Hall–Kier alpha value is -2.30. The van der Waals surface area contributed by atoms with E-state index in [1.807, 2.05) is 0 Å². The van der Waals surface area contributed by atoms with Crippen molar-refractivity contribution in [2.75, 3.05) is 5.32 Å². The van der Waals surface area contributed by atoms with Crippen molar-refractivity contribution in [3.8, 4) is 0 Å². The number of aliphatic hydroxyl groups excluding tert-OH is 1. The van der Waals surface area contributed by atoms with Gasteiger partial charge < -0.3 is 15.5 Å². The lowest BCUT2D eigenvalue weighted by Crippen LogP contribution is -2.03. The number of nitrogens with one attached hydrogen (secondary N) is 1. The summed E-state index contributed by atoms with van der Waals surface area (Å²) in [5.74, 6) is -1.50. The molecule has 5 heteroatoms. The number of carboxylic acids is 1. The van der Waals surface area contributed by atoms with E-state index in [-0.39, 0.29) is 11.1 Å². The van der Waals surface area contributed by atoms with Crippen molar-refractivity contribution >= 4 is 23.1 Å². The van der Waals surface area contributed by atoms with Crippen molar-refractivity contribution in [3.63, 3.8) is 0 Å². The van der Waals surface area contributed by atoms with Crippen LogP contribution in [0.4, 0.5) is 5.69 Å². The van der Waals surface area contributed by atoms with Crippen LogP contribution in [0.3, 0.4) is 0 Å². The third-order valence-electron chi connectivity index (χ3n) is 2.18. The van der Waals surface area contributed by atoms with Crippen molar-refractivity contribution in [2.45, 2.75) is 0 Å². The number of hydrogen-bond donors (Lipinski definition) is 3. The minimum atomic E-state index is -1.06. The van der Waals surface area contributed by atoms with Crippen LogP contribution in [-0.4, -0.2) is 22.1 Å². The summed E-state index contributed by atoms with van der Waals surface area (Å²) in [4.78, 5) is 21.9. The molecule has 0 fully saturated rings. The topological polar surface area (TPSA) is 86.6 Å². The summed E-state index contributed by atoms with van der Waals surface area (Å²) in [7, 11) is 0. The lowest BCUT2D eigenvalue weighted by molar-refractivity contribution is -0.110. The second-order valence-electron chi connectivity index (χ2n) is 3.06. The predicted molar refractivity (Wildman–Crippen MR) is 52.6 cm³/mol. The predicted octanol–water partition coefficient (Wildman–Crippen LogP) is 1.24. The summed E-state index contributed by atoms with van der Waals surface area (Å²) < 4.78 is 0. The number of carbonyl (C=O) groups is 2. The molecule has 15 heavy (non-hydrogen) atoms. The van der Waals surface area contributed by atoms with Gasteiger partial charge in [-0.15, -0.1) is 0 Å². The first-order valence-electron chi connectivity index (χ1n) is 4.17. The molecule has 0 saturated heterocycles. The fourth-order valence-corrected chi connectivity index (χ4v) is 1.46. The maximum absolute atomic E-state index is 11.3. The first-order valence-corrected chi connectivity index (χ1v) is 4.17. The van der Waals surface area contributed by atoms with Crippen molar-refractivity contribution in [3.05, 3.63) is 35.6 Å². The summed E-state index contributed by atoms with van der Waals surface area (Å²) in [6.07, 6.45) is 0.710. The molecule has 0 atom stereocenters. The number of benzene rings is 1. The van der Waals surface area contributed by atoms with Crippen LogP contribution in [0, 0.1) is 0 Å². The Labute approximate surface area is 84.7 Å². The molecule has 0 radical (unpaired) electrons. The molecule has 1 heterocycles. The summed E-state index contributed by atoms with van der Waals surface area (Å²) in [6.45, 7) is 0. The highest BCUT2D eigenvalue weighted by Gasteiger charge is 2.25. The normalized spacial score (nSPS) is 16.3. The van der Waals surface area contributed by atoms with E-state index in [1.165, 1.54) is 18.2 Å². The summed E-state index contributed by atoms with van der Waals surface area (Å²) >= 11 is 0. The Morgan fingerprint density at radius 1 is 1.40 bits per heavy atom. The Kier molecular flexibility index (Phi) is 1.93. The molecule has 0 aromatic heterocycles. The summed E-state index contributed by atoms with van der Waals surface area (Å²) in [5, 5.41) is 20.0. The highest BCUT2D eigenvalue weighted by molar-refractivity contribution is 6.31. The van der Waals surface area contributed by atoms with Gasteiger partial charge in [0.25, 0.3) is 5.91 Å².